The van der Waals surface area contributed by atoms with Crippen molar-refractivity contribution < 1.29 is 14.2 Å². The lowest BCUT2D eigenvalue weighted by molar-refractivity contribution is 0.275. The van der Waals surface area contributed by atoms with E-state index < -0.39 is 0 Å². The van der Waals surface area contributed by atoms with Gasteiger partial charge in [0, 0.05) is 12.1 Å². The van der Waals surface area contributed by atoms with Gasteiger partial charge in [0.25, 0.3) is 0 Å². The van der Waals surface area contributed by atoms with Gasteiger partial charge >= 0.3 is 0 Å². The van der Waals surface area contributed by atoms with Crippen LogP contribution in [0.5, 0.6) is 11.6 Å². The molecule has 1 heterocycles. The summed E-state index contributed by atoms with van der Waals surface area (Å²) in [6, 6.07) is 8.82. The lowest BCUT2D eigenvalue weighted by Gasteiger charge is -2.06. The Morgan fingerprint density at radius 1 is 1.29 bits per heavy atom. The molecule has 0 fully saturated rings. The molecule has 0 saturated carbocycles. The molecule has 0 saturated heterocycles. The first-order chi connectivity index (χ1) is 8.19. The fourth-order valence-corrected chi connectivity index (χ4v) is 1.45. The standard InChI is InChI=1S/C12H9ClFNO2/c13-10-4-5-12(15-11(10)7-16)17-9-3-1-2-8(14)6-9/h1-6,16H,7H2. The van der Waals surface area contributed by atoms with Crippen LogP contribution in [-0.4, -0.2) is 10.1 Å². The smallest absolute Gasteiger partial charge is 0.219 e. The van der Waals surface area contributed by atoms with Crippen molar-refractivity contribution >= 4 is 11.6 Å². The van der Waals surface area contributed by atoms with E-state index in [1.54, 1.807) is 18.2 Å². The maximum atomic E-state index is 12.9. The third kappa shape index (κ3) is 2.93. The van der Waals surface area contributed by atoms with E-state index in [4.69, 9.17) is 21.4 Å². The zero-order valence-electron chi connectivity index (χ0n) is 8.73. The molecule has 1 aromatic heterocycles. The molecule has 3 nitrogen and oxygen atoms in total. The van der Waals surface area contributed by atoms with Gasteiger partial charge < -0.3 is 9.84 Å². The van der Waals surface area contributed by atoms with Gasteiger partial charge in [0.05, 0.1) is 17.3 Å². The molecule has 0 bridgehead atoms. The van der Waals surface area contributed by atoms with Crippen molar-refractivity contribution in [3.8, 4) is 11.6 Å². The van der Waals surface area contributed by atoms with Crippen molar-refractivity contribution in [2.24, 2.45) is 0 Å². The van der Waals surface area contributed by atoms with Gasteiger partial charge in [0.2, 0.25) is 5.88 Å². The molecule has 0 aliphatic carbocycles. The van der Waals surface area contributed by atoms with E-state index in [2.05, 4.69) is 4.98 Å². The van der Waals surface area contributed by atoms with E-state index >= 15 is 0 Å². The Kier molecular flexibility index (Phi) is 3.56. The molecule has 0 radical (unpaired) electrons. The van der Waals surface area contributed by atoms with Crippen molar-refractivity contribution in [3.63, 3.8) is 0 Å². The molecule has 17 heavy (non-hydrogen) atoms. The summed E-state index contributed by atoms with van der Waals surface area (Å²) in [4.78, 5) is 3.99. The average Bonchev–Trinajstić information content (AvgIpc) is 2.32. The summed E-state index contributed by atoms with van der Waals surface area (Å²) in [5.74, 6) is 0.201. The van der Waals surface area contributed by atoms with Crippen molar-refractivity contribution in [2.75, 3.05) is 0 Å². The zero-order chi connectivity index (χ0) is 12.3. The summed E-state index contributed by atoms with van der Waals surface area (Å²) in [7, 11) is 0. The van der Waals surface area contributed by atoms with E-state index in [0.717, 1.165) is 0 Å². The van der Waals surface area contributed by atoms with Crippen LogP contribution in [0.4, 0.5) is 4.39 Å². The van der Waals surface area contributed by atoms with Crippen LogP contribution < -0.4 is 4.74 Å². The minimum absolute atomic E-state index is 0.254. The zero-order valence-corrected chi connectivity index (χ0v) is 9.49. The number of nitrogens with zero attached hydrogens (tertiary/aromatic N) is 1. The van der Waals surface area contributed by atoms with E-state index in [1.807, 2.05) is 0 Å². The third-order valence-corrected chi connectivity index (χ3v) is 2.41. The molecule has 0 spiro atoms. The van der Waals surface area contributed by atoms with E-state index in [0.29, 0.717) is 16.5 Å². The molecule has 0 amide bonds. The summed E-state index contributed by atoms with van der Waals surface area (Å²) in [6.45, 7) is -0.279. The number of aromatic nitrogens is 1. The molecule has 2 aromatic rings. The van der Waals surface area contributed by atoms with Gasteiger partial charge in [-0.25, -0.2) is 9.37 Å². The fraction of sp³-hybridized carbons (Fsp3) is 0.0833. The largest absolute Gasteiger partial charge is 0.439 e. The predicted octanol–water partition coefficient (Wildman–Crippen LogP) is 3.16. The number of ether oxygens (including phenoxy) is 1. The molecule has 1 N–H and O–H groups in total. The normalized spacial score (nSPS) is 10.3. The highest BCUT2D eigenvalue weighted by Crippen LogP contribution is 2.23. The Morgan fingerprint density at radius 2 is 2.12 bits per heavy atom. The van der Waals surface area contributed by atoms with Gasteiger partial charge in [-0.1, -0.05) is 17.7 Å². The molecule has 1 aromatic carbocycles. The summed E-state index contributed by atoms with van der Waals surface area (Å²) in [5, 5.41) is 9.35. The fourth-order valence-electron chi connectivity index (χ4n) is 1.28. The van der Waals surface area contributed by atoms with Crippen LogP contribution >= 0.6 is 11.6 Å². The van der Waals surface area contributed by atoms with Gasteiger partial charge in [0.1, 0.15) is 11.6 Å². The van der Waals surface area contributed by atoms with Crippen molar-refractivity contribution in [2.45, 2.75) is 6.61 Å². The molecule has 88 valence electrons. The first-order valence-electron chi connectivity index (χ1n) is 4.89. The lowest BCUT2D eigenvalue weighted by Crippen LogP contribution is -1.94. The number of aliphatic hydroxyl groups excluding tert-OH is 1. The number of hydrogen-bond donors (Lipinski definition) is 1. The van der Waals surface area contributed by atoms with Crippen LogP contribution in [0.15, 0.2) is 36.4 Å². The van der Waals surface area contributed by atoms with Crippen molar-refractivity contribution in [1.29, 1.82) is 0 Å². The highest BCUT2D eigenvalue weighted by atomic mass is 35.5. The second-order valence-electron chi connectivity index (χ2n) is 3.30. The summed E-state index contributed by atoms with van der Waals surface area (Å²) < 4.78 is 18.3. The quantitative estimate of drug-likeness (QED) is 0.914. The Bertz CT molecular complexity index is 534. The molecular formula is C12H9ClFNO2. The Morgan fingerprint density at radius 3 is 2.82 bits per heavy atom. The number of halogens is 2. The molecular weight excluding hydrogens is 245 g/mol. The van der Waals surface area contributed by atoms with Crippen LogP contribution in [0.2, 0.25) is 5.02 Å². The average molecular weight is 254 g/mol. The topological polar surface area (TPSA) is 42.4 Å². The molecule has 5 heteroatoms. The maximum Gasteiger partial charge on any atom is 0.219 e. The van der Waals surface area contributed by atoms with Gasteiger partial charge in [-0.3, -0.25) is 0 Å². The number of hydrogen-bond acceptors (Lipinski definition) is 3. The van der Waals surface area contributed by atoms with Gasteiger partial charge in [0.15, 0.2) is 0 Å². The Hall–Kier alpha value is -1.65. The number of pyridine rings is 1. The molecule has 0 atom stereocenters. The summed E-state index contributed by atoms with van der Waals surface area (Å²) in [5.41, 5.74) is 0.320. The SMILES string of the molecule is OCc1nc(Oc2cccc(F)c2)ccc1Cl. The predicted molar refractivity (Wildman–Crippen MR) is 61.6 cm³/mol. The van der Waals surface area contributed by atoms with Crippen LogP contribution in [0.25, 0.3) is 0 Å². The van der Waals surface area contributed by atoms with Crippen LogP contribution in [0.3, 0.4) is 0 Å². The third-order valence-electron chi connectivity index (χ3n) is 2.06. The maximum absolute atomic E-state index is 12.9. The second-order valence-corrected chi connectivity index (χ2v) is 3.70. The molecule has 0 aliphatic heterocycles. The van der Waals surface area contributed by atoms with Crippen LogP contribution in [0.1, 0.15) is 5.69 Å². The van der Waals surface area contributed by atoms with Crippen LogP contribution in [0, 0.1) is 5.82 Å². The Labute approximate surface area is 102 Å². The van der Waals surface area contributed by atoms with Crippen molar-refractivity contribution in [1.82, 2.24) is 4.98 Å². The first kappa shape index (κ1) is 11.8. The molecule has 2 rings (SSSR count). The highest BCUT2D eigenvalue weighted by molar-refractivity contribution is 6.31. The molecule has 0 unspecified atom stereocenters. The highest BCUT2D eigenvalue weighted by Gasteiger charge is 2.05. The van der Waals surface area contributed by atoms with Crippen LogP contribution in [-0.2, 0) is 6.61 Å². The number of aliphatic hydroxyl groups is 1. The van der Waals surface area contributed by atoms with E-state index in [1.165, 1.54) is 18.2 Å². The van der Waals surface area contributed by atoms with E-state index in [-0.39, 0.29) is 18.3 Å². The lowest BCUT2D eigenvalue weighted by atomic mass is 10.3. The monoisotopic (exact) mass is 253 g/mol. The van der Waals surface area contributed by atoms with Crippen molar-refractivity contribution in [3.05, 3.63) is 52.9 Å². The number of rotatable bonds is 3. The van der Waals surface area contributed by atoms with Gasteiger partial charge in [-0.2, -0.15) is 0 Å². The number of benzene rings is 1. The van der Waals surface area contributed by atoms with Gasteiger partial charge in [-0.05, 0) is 18.2 Å². The first-order valence-corrected chi connectivity index (χ1v) is 5.26. The van der Waals surface area contributed by atoms with Gasteiger partial charge in [-0.15, -0.1) is 0 Å². The van der Waals surface area contributed by atoms with E-state index in [9.17, 15) is 4.39 Å². The minimum Gasteiger partial charge on any atom is -0.439 e. The summed E-state index contributed by atoms with van der Waals surface area (Å²) in [6.07, 6.45) is 0. The minimum atomic E-state index is -0.390. The second kappa shape index (κ2) is 5.12. The Balaban J connectivity index is 2.24. The molecule has 0 aliphatic rings. The summed E-state index contributed by atoms with van der Waals surface area (Å²) >= 11 is 5.79.